The molecule has 0 spiro atoms. The number of halogens is 1. The van der Waals surface area contributed by atoms with Crippen LogP contribution in [0.1, 0.15) is 16.8 Å². The first kappa shape index (κ1) is 19.3. The zero-order chi connectivity index (χ0) is 20.4. The van der Waals surface area contributed by atoms with Gasteiger partial charge in [-0.05, 0) is 56.2 Å². The van der Waals surface area contributed by atoms with Crippen molar-refractivity contribution in [3.63, 3.8) is 0 Å². The second kappa shape index (κ2) is 8.13. The van der Waals surface area contributed by atoms with Crippen LogP contribution in [0.25, 0.3) is 16.7 Å². The van der Waals surface area contributed by atoms with Gasteiger partial charge >= 0.3 is 0 Å². The molecule has 6 heteroatoms. The monoisotopic (exact) mass is 407 g/mol. The van der Waals surface area contributed by atoms with Gasteiger partial charge in [0.05, 0.1) is 11.4 Å². The average molecular weight is 408 g/mol. The van der Waals surface area contributed by atoms with Crippen LogP contribution in [0.4, 0.5) is 0 Å². The fourth-order valence-electron chi connectivity index (χ4n) is 3.36. The zero-order valence-electron chi connectivity index (χ0n) is 16.6. The van der Waals surface area contributed by atoms with Crippen LogP contribution in [-0.4, -0.2) is 28.0 Å². The number of ether oxygens (including phenoxy) is 2. The fourth-order valence-corrected chi connectivity index (χ4v) is 3.53. The molecule has 2 aromatic carbocycles. The van der Waals surface area contributed by atoms with Crippen molar-refractivity contribution in [3.05, 3.63) is 76.4 Å². The lowest BCUT2D eigenvalue weighted by Crippen LogP contribution is -2.10. The second-order valence-corrected chi connectivity index (χ2v) is 7.27. The van der Waals surface area contributed by atoms with E-state index >= 15 is 0 Å². The highest BCUT2D eigenvalue weighted by molar-refractivity contribution is 6.31. The molecule has 0 N–H and O–H groups in total. The average Bonchev–Trinajstić information content (AvgIpc) is 3.05. The van der Waals surface area contributed by atoms with Crippen molar-refractivity contribution in [1.29, 1.82) is 0 Å². The van der Waals surface area contributed by atoms with Gasteiger partial charge in [0.25, 0.3) is 0 Å². The van der Waals surface area contributed by atoms with E-state index in [2.05, 4.69) is 0 Å². The Kier molecular flexibility index (Phi) is 5.41. The zero-order valence-corrected chi connectivity index (χ0v) is 17.4. The molecule has 0 aliphatic carbocycles. The summed E-state index contributed by atoms with van der Waals surface area (Å²) < 4.78 is 13.4. The van der Waals surface area contributed by atoms with Crippen LogP contribution in [0.3, 0.4) is 0 Å². The molecule has 0 aliphatic heterocycles. The van der Waals surface area contributed by atoms with Gasteiger partial charge in [0, 0.05) is 16.5 Å². The SMILES string of the molecule is Cc1c(Cl)cccc1-n1nc(C)c2c(C)cc(OCCOc3ccccc3)nc21. The van der Waals surface area contributed by atoms with E-state index in [1.807, 2.05) is 80.1 Å². The highest BCUT2D eigenvalue weighted by Crippen LogP contribution is 2.29. The number of benzene rings is 2. The minimum Gasteiger partial charge on any atom is -0.490 e. The van der Waals surface area contributed by atoms with Gasteiger partial charge in [0.1, 0.15) is 19.0 Å². The predicted octanol–water partition coefficient (Wildman–Crippen LogP) is 5.46. The van der Waals surface area contributed by atoms with E-state index in [4.69, 9.17) is 31.2 Å². The Labute approximate surface area is 174 Å². The highest BCUT2D eigenvalue weighted by atomic mass is 35.5. The number of fused-ring (bicyclic) bond motifs is 1. The van der Waals surface area contributed by atoms with Crippen molar-refractivity contribution in [2.75, 3.05) is 13.2 Å². The molecular formula is C23H22ClN3O2. The van der Waals surface area contributed by atoms with E-state index in [9.17, 15) is 0 Å². The standard InChI is InChI=1S/C23H22ClN3O2/c1-15-14-21(29-13-12-28-18-8-5-4-6-9-18)25-23-22(15)17(3)26-27(23)20-11-7-10-19(24)16(20)2/h4-11,14H,12-13H2,1-3H3. The van der Waals surface area contributed by atoms with Crippen molar-refractivity contribution >= 4 is 22.6 Å². The van der Waals surface area contributed by atoms with E-state index in [1.54, 1.807) is 0 Å². The maximum absolute atomic E-state index is 6.32. The largest absolute Gasteiger partial charge is 0.490 e. The smallest absolute Gasteiger partial charge is 0.215 e. The first-order valence-electron chi connectivity index (χ1n) is 9.47. The minimum atomic E-state index is 0.399. The van der Waals surface area contributed by atoms with Crippen LogP contribution in [0.15, 0.2) is 54.6 Å². The van der Waals surface area contributed by atoms with Gasteiger partial charge < -0.3 is 9.47 Å². The normalized spacial score (nSPS) is 11.0. The van der Waals surface area contributed by atoms with Crippen molar-refractivity contribution in [1.82, 2.24) is 14.8 Å². The number of aryl methyl sites for hydroxylation is 2. The fraction of sp³-hybridized carbons (Fsp3) is 0.217. The molecule has 4 rings (SSSR count). The van der Waals surface area contributed by atoms with Gasteiger partial charge in [-0.2, -0.15) is 10.1 Å². The van der Waals surface area contributed by atoms with Crippen molar-refractivity contribution in [2.24, 2.45) is 0 Å². The van der Waals surface area contributed by atoms with Crippen molar-refractivity contribution in [3.8, 4) is 17.3 Å². The number of para-hydroxylation sites is 1. The number of rotatable bonds is 6. The summed E-state index contributed by atoms with van der Waals surface area (Å²) in [4.78, 5) is 4.73. The maximum Gasteiger partial charge on any atom is 0.215 e. The summed E-state index contributed by atoms with van der Waals surface area (Å²) in [7, 11) is 0. The Hall–Kier alpha value is -3.05. The lowest BCUT2D eigenvalue weighted by molar-refractivity contribution is 0.212. The number of nitrogens with zero attached hydrogens (tertiary/aromatic N) is 3. The van der Waals surface area contributed by atoms with Crippen LogP contribution >= 0.6 is 11.6 Å². The Morgan fingerprint density at radius 2 is 1.69 bits per heavy atom. The van der Waals surface area contributed by atoms with E-state index < -0.39 is 0 Å². The molecule has 148 valence electrons. The Balaban J connectivity index is 1.61. The predicted molar refractivity (Wildman–Crippen MR) is 116 cm³/mol. The van der Waals surface area contributed by atoms with Crippen LogP contribution in [0.2, 0.25) is 5.02 Å². The van der Waals surface area contributed by atoms with E-state index in [0.717, 1.165) is 39.3 Å². The van der Waals surface area contributed by atoms with E-state index in [0.29, 0.717) is 24.1 Å². The molecule has 0 aliphatic rings. The molecule has 2 heterocycles. The Morgan fingerprint density at radius 3 is 2.48 bits per heavy atom. The topological polar surface area (TPSA) is 49.2 Å². The summed E-state index contributed by atoms with van der Waals surface area (Å²) in [5, 5.41) is 6.44. The molecule has 0 unspecified atom stereocenters. The molecule has 0 radical (unpaired) electrons. The summed E-state index contributed by atoms with van der Waals surface area (Å²) in [6.45, 7) is 6.85. The highest BCUT2D eigenvalue weighted by Gasteiger charge is 2.16. The first-order chi connectivity index (χ1) is 14.0. The summed E-state index contributed by atoms with van der Waals surface area (Å²) in [5.74, 6) is 1.37. The maximum atomic E-state index is 6.32. The molecule has 0 amide bonds. The van der Waals surface area contributed by atoms with Gasteiger partial charge in [-0.3, -0.25) is 0 Å². The molecule has 0 fully saturated rings. The molecule has 29 heavy (non-hydrogen) atoms. The number of aromatic nitrogens is 3. The third kappa shape index (κ3) is 3.91. The summed E-state index contributed by atoms with van der Waals surface area (Å²) in [6, 6.07) is 17.4. The van der Waals surface area contributed by atoms with Gasteiger partial charge in [-0.25, -0.2) is 4.68 Å². The third-order valence-electron chi connectivity index (χ3n) is 4.80. The molecule has 0 saturated heterocycles. The lowest BCUT2D eigenvalue weighted by atomic mass is 10.1. The number of hydrogen-bond donors (Lipinski definition) is 0. The van der Waals surface area contributed by atoms with Crippen molar-refractivity contribution in [2.45, 2.75) is 20.8 Å². The molecule has 0 atom stereocenters. The quantitative estimate of drug-likeness (QED) is 0.398. The summed E-state index contributed by atoms with van der Waals surface area (Å²) in [5.41, 5.74) is 4.61. The van der Waals surface area contributed by atoms with Crippen LogP contribution in [0.5, 0.6) is 11.6 Å². The van der Waals surface area contributed by atoms with Crippen LogP contribution in [-0.2, 0) is 0 Å². The summed E-state index contributed by atoms with van der Waals surface area (Å²) in [6.07, 6.45) is 0. The van der Waals surface area contributed by atoms with Crippen molar-refractivity contribution < 1.29 is 9.47 Å². The Bertz CT molecular complexity index is 1160. The first-order valence-corrected chi connectivity index (χ1v) is 9.85. The molecular weight excluding hydrogens is 386 g/mol. The molecule has 0 saturated carbocycles. The molecule has 5 nitrogen and oxygen atoms in total. The van der Waals surface area contributed by atoms with Crippen LogP contribution < -0.4 is 9.47 Å². The van der Waals surface area contributed by atoms with Gasteiger partial charge in [-0.1, -0.05) is 35.9 Å². The minimum absolute atomic E-state index is 0.399. The second-order valence-electron chi connectivity index (χ2n) is 6.87. The van der Waals surface area contributed by atoms with Crippen LogP contribution in [0, 0.1) is 20.8 Å². The van der Waals surface area contributed by atoms with E-state index in [-0.39, 0.29) is 0 Å². The Morgan fingerprint density at radius 1 is 0.931 bits per heavy atom. The lowest BCUT2D eigenvalue weighted by Gasteiger charge is -2.11. The van der Waals surface area contributed by atoms with Gasteiger partial charge in [0.15, 0.2) is 5.65 Å². The molecule has 4 aromatic rings. The van der Waals surface area contributed by atoms with Gasteiger partial charge in [-0.15, -0.1) is 0 Å². The molecule has 2 aromatic heterocycles. The molecule has 0 bridgehead atoms. The number of hydrogen-bond acceptors (Lipinski definition) is 4. The third-order valence-corrected chi connectivity index (χ3v) is 5.21. The summed E-state index contributed by atoms with van der Waals surface area (Å²) >= 11 is 6.32. The van der Waals surface area contributed by atoms with E-state index in [1.165, 1.54) is 0 Å². The number of pyridine rings is 1. The van der Waals surface area contributed by atoms with Gasteiger partial charge in [0.2, 0.25) is 5.88 Å².